The summed E-state index contributed by atoms with van der Waals surface area (Å²) in [5.41, 5.74) is 3.11. The highest BCUT2D eigenvalue weighted by Crippen LogP contribution is 2.24. The Hall–Kier alpha value is -1.89. The molecule has 2 aromatic rings. The molecule has 2 aromatic carbocycles. The van der Waals surface area contributed by atoms with E-state index in [0.717, 1.165) is 18.5 Å². The zero-order chi connectivity index (χ0) is 17.2. The van der Waals surface area contributed by atoms with E-state index in [2.05, 4.69) is 22.2 Å². The lowest BCUT2D eigenvalue weighted by atomic mass is 9.95. The molecule has 5 nitrogen and oxygen atoms in total. The molecule has 24 heavy (non-hydrogen) atoms. The Balaban J connectivity index is 1.77. The highest BCUT2D eigenvalue weighted by Gasteiger charge is 2.23. The van der Waals surface area contributed by atoms with E-state index in [-0.39, 0.29) is 10.9 Å². The summed E-state index contributed by atoms with van der Waals surface area (Å²) in [7, 11) is -2.00. The summed E-state index contributed by atoms with van der Waals surface area (Å²) < 4.78 is 33.1. The minimum absolute atomic E-state index is 0.0109. The van der Waals surface area contributed by atoms with Crippen molar-refractivity contribution in [2.24, 2.45) is 0 Å². The Morgan fingerprint density at radius 3 is 2.79 bits per heavy atom. The fraction of sp³-hybridized carbons (Fsp3) is 0.333. The van der Waals surface area contributed by atoms with Gasteiger partial charge in [0.05, 0.1) is 12.0 Å². The van der Waals surface area contributed by atoms with E-state index in [0.29, 0.717) is 17.9 Å². The van der Waals surface area contributed by atoms with E-state index < -0.39 is 10.0 Å². The van der Waals surface area contributed by atoms with E-state index in [4.69, 9.17) is 4.74 Å². The van der Waals surface area contributed by atoms with Crippen LogP contribution in [0.4, 0.5) is 0 Å². The Labute approximate surface area is 143 Å². The molecule has 0 radical (unpaired) electrons. The van der Waals surface area contributed by atoms with Gasteiger partial charge in [-0.05, 0) is 54.8 Å². The lowest BCUT2D eigenvalue weighted by Gasteiger charge is -2.27. The average molecular weight is 346 g/mol. The van der Waals surface area contributed by atoms with Crippen LogP contribution >= 0.6 is 0 Å². The number of benzene rings is 2. The Morgan fingerprint density at radius 2 is 2.04 bits per heavy atom. The zero-order valence-corrected chi connectivity index (χ0v) is 14.7. The maximum Gasteiger partial charge on any atom is 0.240 e. The van der Waals surface area contributed by atoms with Crippen LogP contribution in [-0.2, 0) is 16.4 Å². The smallest absolute Gasteiger partial charge is 0.240 e. The maximum atomic E-state index is 12.6. The minimum Gasteiger partial charge on any atom is -0.497 e. The zero-order valence-electron chi connectivity index (χ0n) is 13.9. The quantitative estimate of drug-likeness (QED) is 0.871. The molecule has 1 unspecified atom stereocenters. The Kier molecular flexibility index (Phi) is 4.89. The molecule has 1 aliphatic rings. The molecule has 0 saturated carbocycles. The molecule has 0 spiro atoms. The third-order valence-electron chi connectivity index (χ3n) is 4.36. The van der Waals surface area contributed by atoms with Crippen molar-refractivity contribution in [2.45, 2.75) is 24.3 Å². The summed E-state index contributed by atoms with van der Waals surface area (Å²) >= 11 is 0. The van der Waals surface area contributed by atoms with Crippen molar-refractivity contribution < 1.29 is 13.2 Å². The van der Waals surface area contributed by atoms with Crippen LogP contribution in [0.2, 0.25) is 0 Å². The third kappa shape index (κ3) is 3.45. The van der Waals surface area contributed by atoms with E-state index in [1.165, 1.54) is 5.56 Å². The molecule has 1 aliphatic heterocycles. The number of hydrogen-bond donors (Lipinski definition) is 2. The van der Waals surface area contributed by atoms with E-state index in [9.17, 15) is 8.42 Å². The van der Waals surface area contributed by atoms with Gasteiger partial charge in [-0.15, -0.1) is 0 Å². The van der Waals surface area contributed by atoms with Crippen LogP contribution in [0.3, 0.4) is 0 Å². The third-order valence-corrected chi connectivity index (χ3v) is 5.95. The lowest BCUT2D eigenvalue weighted by Crippen LogP contribution is -2.38. The SMILES string of the molecule is COc1ccc(S(=O)(=O)NCC2NCCc3ccccc32)c(C)c1. The molecule has 1 heterocycles. The van der Waals surface area contributed by atoms with Crippen molar-refractivity contribution in [3.8, 4) is 5.75 Å². The molecule has 0 bridgehead atoms. The second-order valence-corrected chi connectivity index (χ2v) is 7.67. The van der Waals surface area contributed by atoms with Crippen LogP contribution in [-0.4, -0.2) is 28.6 Å². The number of nitrogens with one attached hydrogen (secondary N) is 2. The van der Waals surface area contributed by atoms with Crippen molar-refractivity contribution in [1.82, 2.24) is 10.0 Å². The largest absolute Gasteiger partial charge is 0.497 e. The van der Waals surface area contributed by atoms with Crippen molar-refractivity contribution in [2.75, 3.05) is 20.2 Å². The van der Waals surface area contributed by atoms with Crippen LogP contribution in [0.25, 0.3) is 0 Å². The van der Waals surface area contributed by atoms with Gasteiger partial charge >= 0.3 is 0 Å². The molecule has 0 fully saturated rings. The van der Waals surface area contributed by atoms with E-state index >= 15 is 0 Å². The standard InChI is InChI=1S/C18H22N2O3S/c1-13-11-15(23-2)7-8-18(13)24(21,22)20-12-17-16-6-4-3-5-14(16)9-10-19-17/h3-8,11,17,19-20H,9-10,12H2,1-2H3. The number of sulfonamides is 1. The van der Waals surface area contributed by atoms with E-state index in [1.807, 2.05) is 12.1 Å². The van der Waals surface area contributed by atoms with Gasteiger partial charge in [0.15, 0.2) is 0 Å². The molecule has 0 aliphatic carbocycles. The van der Waals surface area contributed by atoms with Gasteiger partial charge in [0.2, 0.25) is 10.0 Å². The summed E-state index contributed by atoms with van der Waals surface area (Å²) in [6.45, 7) is 2.95. The Bertz CT molecular complexity index is 834. The second kappa shape index (κ2) is 6.93. The molecule has 1 atom stereocenters. The second-order valence-electron chi connectivity index (χ2n) is 5.94. The van der Waals surface area contributed by atoms with Gasteiger partial charge in [0, 0.05) is 12.6 Å². The minimum atomic E-state index is -3.56. The molecular weight excluding hydrogens is 324 g/mol. The number of rotatable bonds is 5. The van der Waals surface area contributed by atoms with Crippen molar-refractivity contribution in [3.63, 3.8) is 0 Å². The van der Waals surface area contributed by atoms with E-state index in [1.54, 1.807) is 32.2 Å². The molecule has 0 aromatic heterocycles. The number of ether oxygens (including phenoxy) is 1. The van der Waals surface area contributed by atoms with Crippen LogP contribution in [0.1, 0.15) is 22.7 Å². The summed E-state index contributed by atoms with van der Waals surface area (Å²) in [6, 6.07) is 13.1. The van der Waals surface area contributed by atoms with Crippen LogP contribution in [0, 0.1) is 6.92 Å². The molecular formula is C18H22N2O3S. The van der Waals surface area contributed by atoms with Crippen LogP contribution in [0.5, 0.6) is 5.75 Å². The number of aryl methyl sites for hydroxylation is 1. The summed E-state index contributed by atoms with van der Waals surface area (Å²) in [4.78, 5) is 0.285. The first-order valence-corrected chi connectivity index (χ1v) is 9.45. The molecule has 6 heteroatoms. The fourth-order valence-electron chi connectivity index (χ4n) is 3.10. The van der Waals surface area contributed by atoms with Crippen molar-refractivity contribution in [3.05, 3.63) is 59.2 Å². The first-order chi connectivity index (χ1) is 11.5. The highest BCUT2D eigenvalue weighted by atomic mass is 32.2. The van der Waals surface area contributed by atoms with Gasteiger partial charge in [-0.3, -0.25) is 0 Å². The van der Waals surface area contributed by atoms with Crippen LogP contribution < -0.4 is 14.8 Å². The molecule has 2 N–H and O–H groups in total. The fourth-order valence-corrected chi connectivity index (χ4v) is 4.37. The molecule has 128 valence electrons. The predicted octanol–water partition coefficient (Wildman–Crippen LogP) is 2.17. The molecule has 3 rings (SSSR count). The predicted molar refractivity (Wildman–Crippen MR) is 93.8 cm³/mol. The molecule has 0 amide bonds. The van der Waals surface area contributed by atoms with Gasteiger partial charge in [0.25, 0.3) is 0 Å². The van der Waals surface area contributed by atoms with Gasteiger partial charge in [-0.2, -0.15) is 0 Å². The Morgan fingerprint density at radius 1 is 1.25 bits per heavy atom. The number of fused-ring (bicyclic) bond motifs is 1. The van der Waals surface area contributed by atoms with Crippen LogP contribution in [0.15, 0.2) is 47.4 Å². The first kappa shape index (κ1) is 17.0. The van der Waals surface area contributed by atoms with Crippen molar-refractivity contribution in [1.29, 1.82) is 0 Å². The van der Waals surface area contributed by atoms with Gasteiger partial charge in [-0.1, -0.05) is 24.3 Å². The number of methoxy groups -OCH3 is 1. The summed E-state index contributed by atoms with van der Waals surface area (Å²) in [5.74, 6) is 0.648. The van der Waals surface area contributed by atoms with Gasteiger partial charge in [0.1, 0.15) is 5.75 Å². The lowest BCUT2D eigenvalue weighted by molar-refractivity contribution is 0.414. The van der Waals surface area contributed by atoms with Gasteiger partial charge < -0.3 is 10.1 Å². The van der Waals surface area contributed by atoms with Gasteiger partial charge in [-0.25, -0.2) is 13.1 Å². The summed E-state index contributed by atoms with van der Waals surface area (Å²) in [5, 5.41) is 3.39. The highest BCUT2D eigenvalue weighted by molar-refractivity contribution is 7.89. The normalized spacial score (nSPS) is 17.3. The number of hydrogen-bond acceptors (Lipinski definition) is 4. The first-order valence-electron chi connectivity index (χ1n) is 7.97. The maximum absolute atomic E-state index is 12.6. The average Bonchev–Trinajstić information content (AvgIpc) is 2.59. The van der Waals surface area contributed by atoms with Crippen molar-refractivity contribution >= 4 is 10.0 Å². The monoisotopic (exact) mass is 346 g/mol. The topological polar surface area (TPSA) is 67.4 Å². The molecule has 0 saturated heterocycles. The summed E-state index contributed by atoms with van der Waals surface area (Å²) in [6.07, 6.45) is 0.969.